The molecule has 5 heteroatoms. The number of carbonyl (C=O) groups excluding carboxylic acids is 1. The predicted octanol–water partition coefficient (Wildman–Crippen LogP) is -0.0509. The highest BCUT2D eigenvalue weighted by atomic mass is 16.5. The van der Waals surface area contributed by atoms with E-state index in [9.17, 15) is 4.79 Å². The highest BCUT2D eigenvalue weighted by molar-refractivity contribution is 5.80. The average Bonchev–Trinajstić information content (AvgIpc) is 2.39. The highest BCUT2D eigenvalue weighted by Gasteiger charge is 2.35. The first kappa shape index (κ1) is 13.8. The lowest BCUT2D eigenvalue weighted by molar-refractivity contribution is -0.127. The van der Waals surface area contributed by atoms with Gasteiger partial charge in [-0.2, -0.15) is 0 Å². The minimum Gasteiger partial charge on any atom is -0.378 e. The van der Waals surface area contributed by atoms with Crippen LogP contribution in [-0.4, -0.2) is 55.2 Å². The first-order chi connectivity index (χ1) is 8.59. The fourth-order valence-corrected chi connectivity index (χ4v) is 3.00. The molecule has 2 aliphatic heterocycles. The van der Waals surface area contributed by atoms with E-state index in [1.807, 2.05) is 0 Å². The molecule has 2 fully saturated rings. The summed E-state index contributed by atoms with van der Waals surface area (Å²) in [6.07, 6.45) is 2.33. The summed E-state index contributed by atoms with van der Waals surface area (Å²) in [5, 5.41) is 3.25. The lowest BCUT2D eigenvalue weighted by Crippen LogP contribution is -2.61. The van der Waals surface area contributed by atoms with Gasteiger partial charge in [0.05, 0.1) is 6.10 Å². The van der Waals surface area contributed by atoms with Crippen molar-refractivity contribution in [2.24, 2.45) is 11.7 Å². The molecule has 2 heterocycles. The van der Waals surface area contributed by atoms with Gasteiger partial charge in [0.25, 0.3) is 0 Å². The van der Waals surface area contributed by atoms with E-state index in [1.165, 1.54) is 0 Å². The number of nitrogens with one attached hydrogen (secondary N) is 1. The van der Waals surface area contributed by atoms with Crippen LogP contribution in [0.4, 0.5) is 0 Å². The van der Waals surface area contributed by atoms with Crippen LogP contribution in [0.25, 0.3) is 0 Å². The molecule has 0 radical (unpaired) electrons. The molecule has 104 valence electrons. The van der Waals surface area contributed by atoms with E-state index in [4.69, 9.17) is 10.5 Å². The van der Waals surface area contributed by atoms with E-state index in [-0.39, 0.29) is 11.9 Å². The molecule has 2 rings (SSSR count). The van der Waals surface area contributed by atoms with E-state index < -0.39 is 0 Å². The Hall–Kier alpha value is -0.650. The third kappa shape index (κ3) is 3.02. The van der Waals surface area contributed by atoms with Gasteiger partial charge in [-0.15, -0.1) is 0 Å². The second kappa shape index (κ2) is 5.99. The zero-order chi connectivity index (χ0) is 13.1. The fourth-order valence-electron chi connectivity index (χ4n) is 3.00. The van der Waals surface area contributed by atoms with Gasteiger partial charge < -0.3 is 15.8 Å². The van der Waals surface area contributed by atoms with Crippen molar-refractivity contribution in [3.8, 4) is 0 Å². The number of hydrogen-bond donors (Lipinski definition) is 2. The second-order valence-electron chi connectivity index (χ2n) is 5.69. The SMILES string of the molecule is CC(C)C1CC(N2CCNCC2C(N)=O)CCO1. The van der Waals surface area contributed by atoms with E-state index >= 15 is 0 Å². The summed E-state index contributed by atoms with van der Waals surface area (Å²) >= 11 is 0. The molecule has 3 unspecified atom stereocenters. The van der Waals surface area contributed by atoms with Crippen molar-refractivity contribution in [1.82, 2.24) is 10.2 Å². The van der Waals surface area contributed by atoms with Gasteiger partial charge in [-0.25, -0.2) is 0 Å². The van der Waals surface area contributed by atoms with Gasteiger partial charge in [-0.1, -0.05) is 13.8 Å². The molecule has 0 aromatic heterocycles. The van der Waals surface area contributed by atoms with Crippen molar-refractivity contribution < 1.29 is 9.53 Å². The molecular formula is C13H25N3O2. The van der Waals surface area contributed by atoms with Crippen LogP contribution in [0.5, 0.6) is 0 Å². The number of carbonyl (C=O) groups is 1. The summed E-state index contributed by atoms with van der Waals surface area (Å²) < 4.78 is 5.80. The van der Waals surface area contributed by atoms with Gasteiger partial charge in [0, 0.05) is 32.3 Å². The molecule has 0 saturated carbocycles. The van der Waals surface area contributed by atoms with Gasteiger partial charge in [-0.05, 0) is 18.8 Å². The summed E-state index contributed by atoms with van der Waals surface area (Å²) in [7, 11) is 0. The normalized spacial score (nSPS) is 34.7. The second-order valence-corrected chi connectivity index (χ2v) is 5.69. The average molecular weight is 255 g/mol. The largest absolute Gasteiger partial charge is 0.378 e. The maximum atomic E-state index is 11.5. The number of nitrogens with two attached hydrogens (primary N) is 1. The summed E-state index contributed by atoms with van der Waals surface area (Å²) in [4.78, 5) is 13.8. The summed E-state index contributed by atoms with van der Waals surface area (Å²) in [5.74, 6) is 0.317. The number of primary amides is 1. The summed E-state index contributed by atoms with van der Waals surface area (Å²) in [6.45, 7) is 7.70. The molecule has 0 bridgehead atoms. The standard InChI is InChI=1S/C13H25N3O2/c1-9(2)12-7-10(3-6-18-12)16-5-4-15-8-11(16)13(14)17/h9-12,15H,3-8H2,1-2H3,(H2,14,17). The van der Waals surface area contributed by atoms with Crippen LogP contribution >= 0.6 is 0 Å². The molecule has 0 aliphatic carbocycles. The molecule has 5 nitrogen and oxygen atoms in total. The van der Waals surface area contributed by atoms with Crippen LogP contribution in [0.1, 0.15) is 26.7 Å². The highest BCUT2D eigenvalue weighted by Crippen LogP contribution is 2.25. The molecule has 3 atom stereocenters. The molecule has 0 aromatic rings. The third-order valence-electron chi connectivity index (χ3n) is 4.11. The smallest absolute Gasteiger partial charge is 0.236 e. The van der Waals surface area contributed by atoms with Crippen LogP contribution in [0, 0.1) is 5.92 Å². The number of piperazine rings is 1. The van der Waals surface area contributed by atoms with Crippen molar-refractivity contribution in [3.05, 3.63) is 0 Å². The lowest BCUT2D eigenvalue weighted by Gasteiger charge is -2.43. The monoisotopic (exact) mass is 255 g/mol. The van der Waals surface area contributed by atoms with Crippen molar-refractivity contribution in [1.29, 1.82) is 0 Å². The van der Waals surface area contributed by atoms with E-state index in [0.29, 0.717) is 24.6 Å². The Morgan fingerprint density at radius 2 is 2.28 bits per heavy atom. The molecule has 18 heavy (non-hydrogen) atoms. The van der Waals surface area contributed by atoms with E-state index in [1.54, 1.807) is 0 Å². The van der Waals surface area contributed by atoms with Gasteiger partial charge in [0.15, 0.2) is 0 Å². The predicted molar refractivity (Wildman–Crippen MR) is 70.2 cm³/mol. The van der Waals surface area contributed by atoms with Gasteiger partial charge in [0.2, 0.25) is 5.91 Å². The van der Waals surface area contributed by atoms with Crippen molar-refractivity contribution >= 4 is 5.91 Å². The molecular weight excluding hydrogens is 230 g/mol. The minimum atomic E-state index is -0.213. The Bertz CT molecular complexity index is 296. The number of hydrogen-bond acceptors (Lipinski definition) is 4. The first-order valence-corrected chi connectivity index (χ1v) is 6.97. The molecule has 2 saturated heterocycles. The third-order valence-corrected chi connectivity index (χ3v) is 4.11. The van der Waals surface area contributed by atoms with E-state index in [2.05, 4.69) is 24.1 Å². The van der Waals surface area contributed by atoms with Gasteiger partial charge in [0.1, 0.15) is 6.04 Å². The van der Waals surface area contributed by atoms with Crippen molar-refractivity contribution in [2.45, 2.75) is 44.9 Å². The molecule has 0 spiro atoms. The number of amides is 1. The van der Waals surface area contributed by atoms with Crippen LogP contribution < -0.4 is 11.1 Å². The van der Waals surface area contributed by atoms with Crippen molar-refractivity contribution in [2.75, 3.05) is 26.2 Å². The quantitative estimate of drug-likeness (QED) is 0.742. The number of rotatable bonds is 3. The Morgan fingerprint density at radius 3 is 2.94 bits per heavy atom. The fraction of sp³-hybridized carbons (Fsp3) is 0.923. The Balaban J connectivity index is 2.01. The van der Waals surface area contributed by atoms with Gasteiger partial charge in [-0.3, -0.25) is 9.69 Å². The molecule has 2 aliphatic rings. The first-order valence-electron chi connectivity index (χ1n) is 6.97. The zero-order valence-corrected chi connectivity index (χ0v) is 11.4. The van der Waals surface area contributed by atoms with E-state index in [0.717, 1.165) is 32.5 Å². The van der Waals surface area contributed by atoms with Crippen LogP contribution in [0.3, 0.4) is 0 Å². The Labute approximate surface area is 109 Å². The number of nitrogens with zero attached hydrogens (tertiary/aromatic N) is 1. The number of ether oxygens (including phenoxy) is 1. The molecule has 3 N–H and O–H groups in total. The van der Waals surface area contributed by atoms with Gasteiger partial charge >= 0.3 is 0 Å². The van der Waals surface area contributed by atoms with Crippen LogP contribution in [0.15, 0.2) is 0 Å². The lowest BCUT2D eigenvalue weighted by atomic mass is 9.93. The Morgan fingerprint density at radius 1 is 1.50 bits per heavy atom. The minimum absolute atomic E-state index is 0.158. The molecule has 0 aromatic carbocycles. The summed E-state index contributed by atoms with van der Waals surface area (Å²) in [6, 6.07) is 0.278. The maximum absolute atomic E-state index is 11.5. The van der Waals surface area contributed by atoms with Crippen LogP contribution in [-0.2, 0) is 9.53 Å². The maximum Gasteiger partial charge on any atom is 0.236 e. The topological polar surface area (TPSA) is 67.6 Å². The Kier molecular flexibility index (Phi) is 4.59. The summed E-state index contributed by atoms with van der Waals surface area (Å²) in [5.41, 5.74) is 5.51. The molecule has 1 amide bonds. The zero-order valence-electron chi connectivity index (χ0n) is 11.4. The van der Waals surface area contributed by atoms with Crippen molar-refractivity contribution in [3.63, 3.8) is 0 Å². The van der Waals surface area contributed by atoms with Crippen LogP contribution in [0.2, 0.25) is 0 Å².